The molecule has 3 heteroatoms. The second kappa shape index (κ2) is 7.35. The Morgan fingerprint density at radius 1 is 1.21 bits per heavy atom. The largest absolute Gasteiger partial charge is 0.504 e. The van der Waals surface area contributed by atoms with Gasteiger partial charge in [-0.2, -0.15) is 0 Å². The van der Waals surface area contributed by atoms with E-state index in [-0.39, 0.29) is 5.75 Å². The van der Waals surface area contributed by atoms with Crippen molar-refractivity contribution in [1.82, 2.24) is 0 Å². The second-order valence-corrected chi connectivity index (χ2v) is 5.94. The third-order valence-corrected chi connectivity index (χ3v) is 4.36. The third-order valence-electron chi connectivity index (χ3n) is 4.36. The highest BCUT2D eigenvalue weighted by Gasteiger charge is 2.21. The fourth-order valence-corrected chi connectivity index (χ4v) is 3.18. The number of nitrogens with zero attached hydrogens (tertiary/aromatic N) is 1. The zero-order chi connectivity index (χ0) is 16.9. The molecule has 1 aliphatic rings. The van der Waals surface area contributed by atoms with Gasteiger partial charge in [-0.05, 0) is 36.1 Å². The maximum absolute atomic E-state index is 10.5. The molecule has 24 heavy (non-hydrogen) atoms. The summed E-state index contributed by atoms with van der Waals surface area (Å²) in [4.78, 5) is 4.68. The minimum absolute atomic E-state index is 0.284. The van der Waals surface area contributed by atoms with Crippen molar-refractivity contribution >= 4 is 11.8 Å². The van der Waals surface area contributed by atoms with E-state index in [1.807, 2.05) is 24.3 Å². The van der Waals surface area contributed by atoms with Crippen molar-refractivity contribution in [3.05, 3.63) is 64.7 Å². The second-order valence-electron chi connectivity index (χ2n) is 5.94. The molecule has 0 fully saturated rings. The summed E-state index contributed by atoms with van der Waals surface area (Å²) in [6, 6.07) is 12.1. The molecule has 0 amide bonds. The minimum Gasteiger partial charge on any atom is -0.504 e. The van der Waals surface area contributed by atoms with Gasteiger partial charge in [0.25, 0.3) is 0 Å². The number of aromatic hydroxyl groups is 1. The van der Waals surface area contributed by atoms with Crippen molar-refractivity contribution in [2.45, 2.75) is 26.2 Å². The topological polar surface area (TPSA) is 41.8 Å². The fraction of sp³-hybridized carbons (Fsp3) is 0.286. The third kappa shape index (κ3) is 3.21. The number of allylic oxidation sites excluding steroid dienone is 1. The van der Waals surface area contributed by atoms with Crippen LogP contribution in [0, 0.1) is 0 Å². The standard InChI is InChI=1S/C21H23NO2/c1-3-7-17-16-12-13-22-19(11-10-15-8-5-4-6-9-15)18(16)14-20(24-2)21(17)23/h4-6,8-11,14,23H,3,7,12-13H2,1-2H3. The summed E-state index contributed by atoms with van der Waals surface area (Å²) in [5.74, 6) is 0.811. The van der Waals surface area contributed by atoms with Crippen molar-refractivity contribution in [1.29, 1.82) is 0 Å². The lowest BCUT2D eigenvalue weighted by atomic mass is 9.89. The first kappa shape index (κ1) is 16.3. The van der Waals surface area contributed by atoms with E-state index < -0.39 is 0 Å². The van der Waals surface area contributed by atoms with Crippen molar-refractivity contribution in [2.24, 2.45) is 4.99 Å². The summed E-state index contributed by atoms with van der Waals surface area (Å²) < 4.78 is 5.38. The van der Waals surface area contributed by atoms with E-state index in [0.29, 0.717) is 5.75 Å². The molecular formula is C21H23NO2. The van der Waals surface area contributed by atoms with Crippen LogP contribution in [0.15, 0.2) is 47.5 Å². The van der Waals surface area contributed by atoms with Crippen LogP contribution in [0.3, 0.4) is 0 Å². The molecule has 0 radical (unpaired) electrons. The van der Waals surface area contributed by atoms with Crippen LogP contribution in [-0.2, 0) is 12.8 Å². The van der Waals surface area contributed by atoms with Crippen LogP contribution in [0.4, 0.5) is 0 Å². The Labute approximate surface area is 143 Å². The molecule has 0 atom stereocenters. The van der Waals surface area contributed by atoms with Crippen LogP contribution >= 0.6 is 0 Å². The molecule has 124 valence electrons. The summed E-state index contributed by atoms with van der Waals surface area (Å²) in [5.41, 5.74) is 5.39. The number of hydrogen-bond acceptors (Lipinski definition) is 3. The lowest BCUT2D eigenvalue weighted by Gasteiger charge is -2.21. The maximum Gasteiger partial charge on any atom is 0.161 e. The Kier molecular flexibility index (Phi) is 4.99. The smallest absolute Gasteiger partial charge is 0.161 e. The van der Waals surface area contributed by atoms with Crippen molar-refractivity contribution in [2.75, 3.05) is 13.7 Å². The summed E-state index contributed by atoms with van der Waals surface area (Å²) >= 11 is 0. The van der Waals surface area contributed by atoms with Gasteiger partial charge >= 0.3 is 0 Å². The predicted molar refractivity (Wildman–Crippen MR) is 99.2 cm³/mol. The molecular weight excluding hydrogens is 298 g/mol. The summed E-state index contributed by atoms with van der Waals surface area (Å²) in [5, 5.41) is 10.5. The van der Waals surface area contributed by atoms with Gasteiger partial charge < -0.3 is 9.84 Å². The van der Waals surface area contributed by atoms with Gasteiger partial charge in [0.2, 0.25) is 0 Å². The number of hydrogen-bond donors (Lipinski definition) is 1. The first-order chi connectivity index (χ1) is 11.7. The van der Waals surface area contributed by atoms with E-state index in [9.17, 15) is 5.11 Å². The highest BCUT2D eigenvalue weighted by Crippen LogP contribution is 2.37. The van der Waals surface area contributed by atoms with Gasteiger partial charge in [-0.15, -0.1) is 0 Å². The van der Waals surface area contributed by atoms with Crippen LogP contribution in [0.2, 0.25) is 0 Å². The van der Waals surface area contributed by atoms with E-state index >= 15 is 0 Å². The molecule has 1 N–H and O–H groups in total. The number of rotatable bonds is 5. The number of methoxy groups -OCH3 is 1. The average Bonchev–Trinajstić information content (AvgIpc) is 2.63. The summed E-state index contributed by atoms with van der Waals surface area (Å²) in [6.45, 7) is 2.88. The maximum atomic E-state index is 10.5. The van der Waals surface area contributed by atoms with Crippen molar-refractivity contribution in [3.63, 3.8) is 0 Å². The van der Waals surface area contributed by atoms with E-state index in [4.69, 9.17) is 4.74 Å². The van der Waals surface area contributed by atoms with Crippen LogP contribution < -0.4 is 4.74 Å². The van der Waals surface area contributed by atoms with Gasteiger partial charge in [0.05, 0.1) is 12.8 Å². The zero-order valence-corrected chi connectivity index (χ0v) is 14.2. The van der Waals surface area contributed by atoms with Gasteiger partial charge in [0.15, 0.2) is 11.5 Å². The zero-order valence-electron chi connectivity index (χ0n) is 14.2. The first-order valence-corrected chi connectivity index (χ1v) is 8.44. The molecule has 3 rings (SSSR count). The molecule has 0 saturated heterocycles. The Morgan fingerprint density at radius 2 is 2.00 bits per heavy atom. The number of phenols is 1. The molecule has 0 aliphatic carbocycles. The molecule has 0 spiro atoms. The summed E-state index contributed by atoms with van der Waals surface area (Å²) in [6.07, 6.45) is 6.83. The van der Waals surface area contributed by atoms with Gasteiger partial charge in [0.1, 0.15) is 0 Å². The molecule has 1 heterocycles. The molecule has 1 aliphatic heterocycles. The number of ether oxygens (including phenoxy) is 1. The van der Waals surface area contributed by atoms with Gasteiger partial charge in [0, 0.05) is 17.7 Å². The molecule has 0 aromatic heterocycles. The quantitative estimate of drug-likeness (QED) is 0.886. The van der Waals surface area contributed by atoms with E-state index in [1.165, 1.54) is 5.56 Å². The number of aliphatic imine (C=N–C) groups is 1. The monoisotopic (exact) mass is 321 g/mol. The molecule has 3 nitrogen and oxygen atoms in total. The molecule has 2 aromatic carbocycles. The number of fused-ring (bicyclic) bond motifs is 1. The molecule has 0 bridgehead atoms. The van der Waals surface area contributed by atoms with E-state index in [1.54, 1.807) is 7.11 Å². The Bertz CT molecular complexity index is 776. The number of benzene rings is 2. The van der Waals surface area contributed by atoms with Crippen LogP contribution in [0.5, 0.6) is 11.5 Å². The molecule has 0 unspecified atom stereocenters. The van der Waals surface area contributed by atoms with Crippen LogP contribution in [0.25, 0.3) is 6.08 Å². The first-order valence-electron chi connectivity index (χ1n) is 8.44. The Morgan fingerprint density at radius 3 is 2.71 bits per heavy atom. The average molecular weight is 321 g/mol. The summed E-state index contributed by atoms with van der Waals surface area (Å²) in [7, 11) is 1.59. The van der Waals surface area contributed by atoms with Crippen LogP contribution in [0.1, 0.15) is 35.6 Å². The SMILES string of the molecule is CCCc1c(O)c(OC)cc2c1CCN=C2C=Cc1ccccc1. The lowest BCUT2D eigenvalue weighted by molar-refractivity contribution is 0.369. The van der Waals surface area contributed by atoms with E-state index in [2.05, 4.69) is 36.2 Å². The molecule has 0 saturated carbocycles. The van der Waals surface area contributed by atoms with Gasteiger partial charge in [-0.25, -0.2) is 0 Å². The Hall–Kier alpha value is -2.55. The van der Waals surface area contributed by atoms with Crippen molar-refractivity contribution in [3.8, 4) is 11.5 Å². The van der Waals surface area contributed by atoms with Gasteiger partial charge in [-0.1, -0.05) is 49.8 Å². The van der Waals surface area contributed by atoms with E-state index in [0.717, 1.165) is 48.2 Å². The minimum atomic E-state index is 0.284. The highest BCUT2D eigenvalue weighted by atomic mass is 16.5. The van der Waals surface area contributed by atoms with Gasteiger partial charge in [-0.3, -0.25) is 4.99 Å². The van der Waals surface area contributed by atoms with Crippen molar-refractivity contribution < 1.29 is 9.84 Å². The van der Waals surface area contributed by atoms with Crippen LogP contribution in [-0.4, -0.2) is 24.5 Å². The lowest BCUT2D eigenvalue weighted by Crippen LogP contribution is -2.14. The fourth-order valence-electron chi connectivity index (χ4n) is 3.18. The molecule has 2 aromatic rings. The highest BCUT2D eigenvalue weighted by molar-refractivity contribution is 6.12. The predicted octanol–water partition coefficient (Wildman–Crippen LogP) is 4.41. The Balaban J connectivity index is 2.03. The number of phenolic OH excluding ortho intramolecular Hbond substituents is 1. The normalized spacial score (nSPS) is 13.7.